The first kappa shape index (κ1) is 30.7. The molecule has 3 saturated carbocycles. The molecule has 8 rings (SSSR count). The standard InChI is InChI=1S/C26H29F3N4O3.C7H8N2O/c1-14-20-21(15-5-6-15)22(30-23(34)16-3-2-4-17(13-16)26(27,28)29)25(35)32(18-7-8-18)24(20)33(31-14)19-9-11-36-12-10-19;8-3-6-1-5-2-7(5)9(6)4-10/h2-4,13,15,18-19,21-22H,5-12H2,1H3,(H,30,34);4-7H,1-2H2. The summed E-state index contributed by atoms with van der Waals surface area (Å²) >= 11 is 0. The molecule has 6 aliphatic rings. The Morgan fingerprint density at radius 3 is 2.43 bits per heavy atom. The van der Waals surface area contributed by atoms with Crippen LogP contribution in [0.15, 0.2) is 24.3 Å². The molecule has 1 N–H and O–H groups in total. The monoisotopic (exact) mass is 638 g/mol. The Hall–Kier alpha value is -3.92. The lowest BCUT2D eigenvalue weighted by Crippen LogP contribution is -2.56. The fourth-order valence-electron chi connectivity index (χ4n) is 7.56. The molecule has 5 atom stereocenters. The van der Waals surface area contributed by atoms with Crippen LogP contribution in [0.25, 0.3) is 0 Å². The molecule has 0 bridgehead atoms. The highest BCUT2D eigenvalue weighted by molar-refractivity contribution is 6.05. The number of nitrogens with one attached hydrogen (secondary N) is 1. The minimum atomic E-state index is -4.55. The minimum Gasteiger partial charge on any atom is -0.381 e. The Labute approximate surface area is 264 Å². The molecule has 2 saturated heterocycles. The number of halogens is 3. The molecule has 3 amide bonds. The molecular weight excluding hydrogens is 601 g/mol. The van der Waals surface area contributed by atoms with Crippen LogP contribution in [0.4, 0.5) is 19.0 Å². The van der Waals surface area contributed by atoms with E-state index in [9.17, 15) is 27.6 Å². The van der Waals surface area contributed by atoms with E-state index in [0.717, 1.165) is 87.0 Å². The number of amides is 3. The van der Waals surface area contributed by atoms with Crippen LogP contribution in [0.3, 0.4) is 0 Å². The van der Waals surface area contributed by atoms with Gasteiger partial charge in [-0.25, -0.2) is 4.68 Å². The van der Waals surface area contributed by atoms with Gasteiger partial charge in [0.2, 0.25) is 6.41 Å². The van der Waals surface area contributed by atoms with Crippen molar-refractivity contribution < 1.29 is 32.3 Å². The second-order valence-electron chi connectivity index (χ2n) is 13.4. The van der Waals surface area contributed by atoms with E-state index in [1.54, 1.807) is 4.90 Å². The highest BCUT2D eigenvalue weighted by Gasteiger charge is 2.54. The fourth-order valence-corrected chi connectivity index (χ4v) is 7.56. The first-order chi connectivity index (χ1) is 22.1. The molecule has 3 aliphatic carbocycles. The van der Waals surface area contributed by atoms with Crippen LogP contribution >= 0.6 is 0 Å². The maximum atomic E-state index is 14.0. The lowest BCUT2D eigenvalue weighted by Gasteiger charge is -2.40. The number of alkyl halides is 3. The van der Waals surface area contributed by atoms with Gasteiger partial charge in [-0.15, -0.1) is 0 Å². The molecule has 10 nitrogen and oxygen atoms in total. The molecule has 0 spiro atoms. The van der Waals surface area contributed by atoms with E-state index < -0.39 is 23.7 Å². The van der Waals surface area contributed by atoms with Gasteiger partial charge in [-0.05, 0) is 88.3 Å². The molecule has 0 radical (unpaired) electrons. The van der Waals surface area contributed by atoms with Gasteiger partial charge in [0.05, 0.1) is 23.4 Å². The fraction of sp³-hybridized carbons (Fsp3) is 0.606. The number of ether oxygens (including phenoxy) is 1. The van der Waals surface area contributed by atoms with Crippen LogP contribution in [0.2, 0.25) is 0 Å². The van der Waals surface area contributed by atoms with E-state index in [1.165, 1.54) is 12.1 Å². The summed E-state index contributed by atoms with van der Waals surface area (Å²) in [5, 5.41) is 16.3. The van der Waals surface area contributed by atoms with Crippen molar-refractivity contribution in [1.29, 1.82) is 5.26 Å². The first-order valence-corrected chi connectivity index (χ1v) is 16.2. The van der Waals surface area contributed by atoms with Crippen molar-refractivity contribution in [2.24, 2.45) is 11.8 Å². The second kappa shape index (κ2) is 11.7. The molecule has 1 aromatic heterocycles. The van der Waals surface area contributed by atoms with E-state index in [4.69, 9.17) is 15.1 Å². The van der Waals surface area contributed by atoms with Gasteiger partial charge in [0.15, 0.2) is 0 Å². The second-order valence-corrected chi connectivity index (χ2v) is 13.4. The first-order valence-electron chi connectivity index (χ1n) is 16.2. The normalized spacial score (nSPS) is 28.8. The van der Waals surface area contributed by atoms with Gasteiger partial charge in [0.25, 0.3) is 11.8 Å². The summed E-state index contributed by atoms with van der Waals surface area (Å²) in [5.41, 5.74) is 0.861. The topological polar surface area (TPSA) is 121 Å². The van der Waals surface area contributed by atoms with Crippen LogP contribution < -0.4 is 10.2 Å². The molecule has 2 aromatic rings. The summed E-state index contributed by atoms with van der Waals surface area (Å²) in [6.45, 7) is 3.26. The van der Waals surface area contributed by atoms with Crippen LogP contribution in [0.1, 0.15) is 90.5 Å². The molecular formula is C33H37F3N6O4. The lowest BCUT2D eigenvalue weighted by molar-refractivity contribution is -0.137. The third-order valence-electron chi connectivity index (χ3n) is 10.3. The SMILES string of the molecule is Cc1nn(C2CCOCC2)c2c1C(C1CC1)C(NC(=O)c1cccc(C(F)(F)F)c1)C(=O)N2C1CC1.N#CC1CC2CC2N1C=O. The van der Waals surface area contributed by atoms with Gasteiger partial charge in [-0.2, -0.15) is 23.5 Å². The number of likely N-dealkylation sites (tertiary alicyclic amines) is 1. The molecule has 5 unspecified atom stereocenters. The highest BCUT2D eigenvalue weighted by Crippen LogP contribution is 2.53. The van der Waals surface area contributed by atoms with Crippen molar-refractivity contribution in [3.05, 3.63) is 46.6 Å². The molecule has 1 aromatic carbocycles. The molecule has 3 aliphatic heterocycles. The number of rotatable bonds is 6. The van der Waals surface area contributed by atoms with Crippen molar-refractivity contribution in [3.63, 3.8) is 0 Å². The van der Waals surface area contributed by atoms with Crippen molar-refractivity contribution in [2.45, 2.75) is 101 Å². The number of aryl methyl sites for hydroxylation is 1. The summed E-state index contributed by atoms with van der Waals surface area (Å²) < 4.78 is 47.3. The van der Waals surface area contributed by atoms with E-state index in [2.05, 4.69) is 11.4 Å². The van der Waals surface area contributed by atoms with Gasteiger partial charge >= 0.3 is 6.18 Å². The highest BCUT2D eigenvalue weighted by atomic mass is 19.4. The third kappa shape index (κ3) is 5.65. The molecule has 46 heavy (non-hydrogen) atoms. The zero-order valence-electron chi connectivity index (χ0n) is 25.6. The van der Waals surface area contributed by atoms with Gasteiger partial charge in [0.1, 0.15) is 17.9 Å². The van der Waals surface area contributed by atoms with Crippen molar-refractivity contribution >= 4 is 24.0 Å². The van der Waals surface area contributed by atoms with Gasteiger partial charge < -0.3 is 15.0 Å². The minimum absolute atomic E-state index is 0.0547. The smallest absolute Gasteiger partial charge is 0.381 e. The summed E-state index contributed by atoms with van der Waals surface area (Å²) in [6, 6.07) is 6.12. The number of piperidine rings is 1. The number of benzene rings is 1. The number of hydrogen-bond acceptors (Lipinski definition) is 6. The maximum absolute atomic E-state index is 14.0. The number of anilines is 1. The summed E-state index contributed by atoms with van der Waals surface area (Å²) in [6.07, 6.45) is 3.58. The van der Waals surface area contributed by atoms with Gasteiger partial charge in [0, 0.05) is 42.3 Å². The number of nitriles is 1. The number of carbonyl (C=O) groups excluding carboxylic acids is 3. The van der Waals surface area contributed by atoms with Crippen LogP contribution in [0, 0.1) is 30.1 Å². The molecule has 4 heterocycles. The van der Waals surface area contributed by atoms with Crippen LogP contribution in [-0.4, -0.2) is 70.3 Å². The number of fused-ring (bicyclic) bond motifs is 2. The average molecular weight is 639 g/mol. The number of aromatic nitrogens is 2. The van der Waals surface area contributed by atoms with Gasteiger partial charge in [-0.3, -0.25) is 19.3 Å². The Bertz CT molecular complexity index is 1570. The quantitative estimate of drug-likeness (QED) is 0.466. The molecule has 244 valence electrons. The summed E-state index contributed by atoms with van der Waals surface area (Å²) in [4.78, 5) is 41.1. The van der Waals surface area contributed by atoms with Crippen molar-refractivity contribution in [3.8, 4) is 6.07 Å². The predicted molar refractivity (Wildman–Crippen MR) is 159 cm³/mol. The zero-order chi connectivity index (χ0) is 32.3. The Morgan fingerprint density at radius 2 is 1.83 bits per heavy atom. The third-order valence-corrected chi connectivity index (χ3v) is 10.3. The summed E-state index contributed by atoms with van der Waals surface area (Å²) in [7, 11) is 0. The molecule has 13 heteroatoms. The lowest BCUT2D eigenvalue weighted by atomic mass is 9.82. The Kier molecular flexibility index (Phi) is 7.82. The van der Waals surface area contributed by atoms with E-state index in [1.807, 2.05) is 16.5 Å². The zero-order valence-corrected chi connectivity index (χ0v) is 25.6. The Balaban J connectivity index is 0.000000286. The van der Waals surface area contributed by atoms with E-state index in [-0.39, 0.29) is 41.4 Å². The van der Waals surface area contributed by atoms with E-state index in [0.29, 0.717) is 25.2 Å². The number of carbonyl (C=O) groups is 3. The summed E-state index contributed by atoms with van der Waals surface area (Å²) in [5.74, 6) is 0.634. The number of hydrogen-bond donors (Lipinski definition) is 1. The number of nitrogens with zero attached hydrogens (tertiary/aromatic N) is 5. The average Bonchev–Trinajstić information content (AvgIpc) is 3.96. The predicted octanol–water partition coefficient (Wildman–Crippen LogP) is 4.49. The molecule has 5 fully saturated rings. The maximum Gasteiger partial charge on any atom is 0.416 e. The van der Waals surface area contributed by atoms with E-state index >= 15 is 0 Å². The van der Waals surface area contributed by atoms with Crippen LogP contribution in [0.5, 0.6) is 0 Å². The van der Waals surface area contributed by atoms with Crippen molar-refractivity contribution in [1.82, 2.24) is 20.0 Å². The largest absolute Gasteiger partial charge is 0.416 e. The Morgan fingerprint density at radius 1 is 1.09 bits per heavy atom. The van der Waals surface area contributed by atoms with Crippen LogP contribution in [-0.2, 0) is 20.5 Å². The van der Waals surface area contributed by atoms with Gasteiger partial charge in [-0.1, -0.05) is 6.07 Å². The van der Waals surface area contributed by atoms with Crippen molar-refractivity contribution in [2.75, 3.05) is 18.1 Å².